The van der Waals surface area contributed by atoms with Crippen LogP contribution in [0.3, 0.4) is 0 Å². The zero-order valence-corrected chi connectivity index (χ0v) is 14.8. The molecule has 2 aromatic rings. The van der Waals surface area contributed by atoms with Gasteiger partial charge in [0, 0.05) is 13.1 Å². The predicted molar refractivity (Wildman–Crippen MR) is 96.0 cm³/mol. The number of hydrogen-bond acceptors (Lipinski definition) is 5. The first-order chi connectivity index (χ1) is 11.9. The molecule has 0 aliphatic rings. The number of nitrogens with zero attached hydrogens (tertiary/aromatic N) is 2. The van der Waals surface area contributed by atoms with Gasteiger partial charge in [-0.1, -0.05) is 32.0 Å². The standard InChI is InChI=1S/C18H22N4O3/c1-11(2)14(9-12-7-5-6-8-15(12)25-4)20-16-13(10-19)17(23)22(3)18(24)21-16/h5-8,11,14,20H,9H2,1-4H3,(H,21,24). The number of aromatic amines is 1. The van der Waals surface area contributed by atoms with Gasteiger partial charge in [-0.05, 0) is 24.0 Å². The van der Waals surface area contributed by atoms with Crippen molar-refractivity contribution in [1.29, 1.82) is 5.26 Å². The normalized spacial score (nSPS) is 11.8. The number of aromatic nitrogens is 2. The van der Waals surface area contributed by atoms with Gasteiger partial charge in [-0.3, -0.25) is 14.3 Å². The van der Waals surface area contributed by atoms with Crippen molar-refractivity contribution in [1.82, 2.24) is 9.55 Å². The molecule has 0 bridgehead atoms. The van der Waals surface area contributed by atoms with E-state index in [1.54, 1.807) is 7.11 Å². The number of benzene rings is 1. The summed E-state index contributed by atoms with van der Waals surface area (Å²) >= 11 is 0. The van der Waals surface area contributed by atoms with Crippen LogP contribution in [0.5, 0.6) is 5.75 Å². The van der Waals surface area contributed by atoms with E-state index >= 15 is 0 Å². The molecule has 1 heterocycles. The van der Waals surface area contributed by atoms with E-state index < -0.39 is 11.2 Å². The molecule has 0 aliphatic carbocycles. The second-order valence-electron chi connectivity index (χ2n) is 6.17. The molecule has 0 spiro atoms. The Morgan fingerprint density at radius 3 is 2.60 bits per heavy atom. The molecular formula is C18H22N4O3. The lowest BCUT2D eigenvalue weighted by molar-refractivity contribution is 0.405. The Kier molecular flexibility index (Phi) is 5.65. The van der Waals surface area contributed by atoms with Crippen molar-refractivity contribution in [3.05, 3.63) is 56.2 Å². The molecule has 0 amide bonds. The number of H-pyrrole nitrogens is 1. The molecule has 1 aromatic carbocycles. The number of ether oxygens (including phenoxy) is 1. The highest BCUT2D eigenvalue weighted by molar-refractivity contribution is 5.51. The summed E-state index contributed by atoms with van der Waals surface area (Å²) in [4.78, 5) is 26.6. The highest BCUT2D eigenvalue weighted by Crippen LogP contribution is 2.23. The fourth-order valence-electron chi connectivity index (χ4n) is 2.58. The van der Waals surface area contributed by atoms with E-state index in [-0.39, 0.29) is 23.3 Å². The Labute approximate surface area is 145 Å². The average Bonchev–Trinajstić information content (AvgIpc) is 2.59. The minimum absolute atomic E-state index is 0.104. The van der Waals surface area contributed by atoms with E-state index in [2.05, 4.69) is 10.3 Å². The number of methoxy groups -OCH3 is 1. The molecule has 2 N–H and O–H groups in total. The third-order valence-electron chi connectivity index (χ3n) is 4.18. The van der Waals surface area contributed by atoms with E-state index in [0.717, 1.165) is 15.9 Å². The van der Waals surface area contributed by atoms with Crippen molar-refractivity contribution >= 4 is 5.82 Å². The second-order valence-corrected chi connectivity index (χ2v) is 6.17. The minimum atomic E-state index is -0.617. The fourth-order valence-corrected chi connectivity index (χ4v) is 2.58. The lowest BCUT2D eigenvalue weighted by Gasteiger charge is -2.24. The van der Waals surface area contributed by atoms with Crippen LogP contribution in [-0.2, 0) is 13.5 Å². The lowest BCUT2D eigenvalue weighted by Crippen LogP contribution is -2.38. The summed E-state index contributed by atoms with van der Waals surface area (Å²) in [5.74, 6) is 1.11. The van der Waals surface area contributed by atoms with Crippen LogP contribution in [0.1, 0.15) is 25.0 Å². The van der Waals surface area contributed by atoms with Gasteiger partial charge in [0.25, 0.3) is 5.56 Å². The first-order valence-electron chi connectivity index (χ1n) is 8.00. The molecule has 25 heavy (non-hydrogen) atoms. The maximum absolute atomic E-state index is 12.1. The van der Waals surface area contributed by atoms with Gasteiger partial charge < -0.3 is 10.1 Å². The van der Waals surface area contributed by atoms with Gasteiger partial charge >= 0.3 is 5.69 Å². The first kappa shape index (κ1) is 18.3. The SMILES string of the molecule is COc1ccccc1CC(Nc1[nH]c(=O)n(C)c(=O)c1C#N)C(C)C. The third kappa shape index (κ3) is 3.91. The number of anilines is 1. The summed E-state index contributed by atoms with van der Waals surface area (Å²) in [7, 11) is 2.95. The molecule has 1 atom stereocenters. The smallest absolute Gasteiger partial charge is 0.329 e. The Morgan fingerprint density at radius 2 is 2.00 bits per heavy atom. The molecule has 1 aromatic heterocycles. The number of para-hydroxylation sites is 1. The Bertz CT molecular complexity index is 906. The molecular weight excluding hydrogens is 320 g/mol. The quantitative estimate of drug-likeness (QED) is 0.831. The van der Waals surface area contributed by atoms with Crippen LogP contribution in [0.2, 0.25) is 0 Å². The van der Waals surface area contributed by atoms with Crippen LogP contribution in [0, 0.1) is 17.2 Å². The predicted octanol–water partition coefficient (Wildman–Crippen LogP) is 1.63. The Morgan fingerprint density at radius 1 is 1.32 bits per heavy atom. The van der Waals surface area contributed by atoms with E-state index in [0.29, 0.717) is 6.42 Å². The van der Waals surface area contributed by atoms with Crippen LogP contribution in [0.25, 0.3) is 0 Å². The maximum Gasteiger partial charge on any atom is 0.329 e. The van der Waals surface area contributed by atoms with Crippen LogP contribution in [0.15, 0.2) is 33.9 Å². The second kappa shape index (κ2) is 7.71. The van der Waals surface area contributed by atoms with Crippen molar-refractivity contribution in [2.24, 2.45) is 13.0 Å². The molecule has 0 saturated carbocycles. The fraction of sp³-hybridized carbons (Fsp3) is 0.389. The van der Waals surface area contributed by atoms with Crippen molar-refractivity contribution in [3.8, 4) is 11.8 Å². The molecule has 0 aliphatic heterocycles. The molecule has 1 unspecified atom stereocenters. The summed E-state index contributed by atoms with van der Waals surface area (Å²) in [6.45, 7) is 4.05. The van der Waals surface area contributed by atoms with E-state index in [4.69, 9.17) is 4.74 Å². The highest BCUT2D eigenvalue weighted by atomic mass is 16.5. The zero-order chi connectivity index (χ0) is 18.6. The van der Waals surface area contributed by atoms with Gasteiger partial charge in [0.2, 0.25) is 0 Å². The number of nitrogens with one attached hydrogen (secondary N) is 2. The van der Waals surface area contributed by atoms with E-state index in [1.807, 2.05) is 44.2 Å². The van der Waals surface area contributed by atoms with E-state index in [1.165, 1.54) is 7.05 Å². The summed E-state index contributed by atoms with van der Waals surface area (Å²) in [6, 6.07) is 9.44. The summed E-state index contributed by atoms with van der Waals surface area (Å²) in [5.41, 5.74) is -0.284. The maximum atomic E-state index is 12.1. The molecule has 2 rings (SSSR count). The van der Waals surface area contributed by atoms with Crippen LogP contribution < -0.4 is 21.3 Å². The van der Waals surface area contributed by atoms with Crippen LogP contribution in [0.4, 0.5) is 5.82 Å². The first-order valence-corrected chi connectivity index (χ1v) is 8.00. The lowest BCUT2D eigenvalue weighted by atomic mass is 9.95. The summed E-state index contributed by atoms with van der Waals surface area (Å²) in [6.07, 6.45) is 0.615. The van der Waals surface area contributed by atoms with Gasteiger partial charge in [-0.15, -0.1) is 0 Å². The van der Waals surface area contributed by atoms with Crippen molar-refractivity contribution in [2.45, 2.75) is 26.3 Å². The molecule has 7 heteroatoms. The van der Waals surface area contributed by atoms with Gasteiger partial charge in [0.05, 0.1) is 7.11 Å². The molecule has 0 saturated heterocycles. The molecule has 7 nitrogen and oxygen atoms in total. The molecule has 132 valence electrons. The minimum Gasteiger partial charge on any atom is -0.496 e. The monoisotopic (exact) mass is 342 g/mol. The van der Waals surface area contributed by atoms with Gasteiger partial charge in [0.1, 0.15) is 17.6 Å². The van der Waals surface area contributed by atoms with Gasteiger partial charge in [-0.25, -0.2) is 4.79 Å². The zero-order valence-electron chi connectivity index (χ0n) is 14.8. The van der Waals surface area contributed by atoms with Crippen LogP contribution in [-0.4, -0.2) is 22.7 Å². The average molecular weight is 342 g/mol. The van der Waals surface area contributed by atoms with E-state index in [9.17, 15) is 14.9 Å². The third-order valence-corrected chi connectivity index (χ3v) is 4.18. The number of nitriles is 1. The number of rotatable bonds is 6. The van der Waals surface area contributed by atoms with Crippen molar-refractivity contribution in [3.63, 3.8) is 0 Å². The number of hydrogen-bond donors (Lipinski definition) is 2. The largest absolute Gasteiger partial charge is 0.496 e. The molecule has 0 fully saturated rings. The Hall–Kier alpha value is -3.01. The molecule has 0 radical (unpaired) electrons. The van der Waals surface area contributed by atoms with Crippen molar-refractivity contribution in [2.75, 3.05) is 12.4 Å². The van der Waals surface area contributed by atoms with Gasteiger partial charge in [-0.2, -0.15) is 5.26 Å². The highest BCUT2D eigenvalue weighted by Gasteiger charge is 2.20. The summed E-state index contributed by atoms with van der Waals surface area (Å²) < 4.78 is 6.27. The van der Waals surface area contributed by atoms with Crippen LogP contribution >= 0.6 is 0 Å². The van der Waals surface area contributed by atoms with Crippen molar-refractivity contribution < 1.29 is 4.74 Å². The Balaban J connectivity index is 2.40. The summed E-state index contributed by atoms with van der Waals surface area (Å²) in [5, 5.41) is 12.5. The topological polar surface area (TPSA) is 99.9 Å². The van der Waals surface area contributed by atoms with Gasteiger partial charge in [0.15, 0.2) is 5.56 Å².